The van der Waals surface area contributed by atoms with Gasteiger partial charge in [0.2, 0.25) is 0 Å². The number of thioether (sulfide) groups is 1. The Hall–Kier alpha value is -1.61. The van der Waals surface area contributed by atoms with E-state index in [0.717, 1.165) is 20.9 Å². The molecular weight excluding hydrogens is 232 g/mol. The predicted molar refractivity (Wildman–Crippen MR) is 67.0 cm³/mol. The molecule has 0 N–H and O–H groups in total. The highest BCUT2D eigenvalue weighted by Gasteiger charge is 2.23. The third-order valence-electron chi connectivity index (χ3n) is 2.90. The Balaban J connectivity index is 2.13. The second kappa shape index (κ2) is 4.00. The normalized spacial score (nSPS) is 18.8. The van der Waals surface area contributed by atoms with Crippen molar-refractivity contribution in [1.29, 1.82) is 0 Å². The van der Waals surface area contributed by atoms with E-state index in [2.05, 4.69) is 0 Å². The molecule has 84 valence electrons. The molecule has 0 saturated carbocycles. The standard InChI is InChI=1S/C14H10O2S/c15-10-5-6-13-9(7-10)8-12(16)11-3-1-2-4-14(11)17-13/h1-4,6,8H,5,7H2. The van der Waals surface area contributed by atoms with Crippen molar-refractivity contribution in [3.8, 4) is 0 Å². The van der Waals surface area contributed by atoms with E-state index in [1.165, 1.54) is 0 Å². The highest BCUT2D eigenvalue weighted by Crippen LogP contribution is 2.40. The molecular formula is C14H10O2S. The van der Waals surface area contributed by atoms with Crippen molar-refractivity contribution >= 4 is 23.3 Å². The topological polar surface area (TPSA) is 34.1 Å². The van der Waals surface area contributed by atoms with Crippen molar-refractivity contribution in [3.05, 3.63) is 52.5 Å². The SMILES string of the molecule is O=C1CC=C2Sc3ccccc3C(=O)C=C2C1. The monoisotopic (exact) mass is 242 g/mol. The minimum Gasteiger partial charge on any atom is -0.299 e. The number of fused-ring (bicyclic) bond motifs is 2. The first-order valence-corrected chi connectivity index (χ1v) is 6.30. The van der Waals surface area contributed by atoms with Gasteiger partial charge in [-0.15, -0.1) is 0 Å². The van der Waals surface area contributed by atoms with Gasteiger partial charge < -0.3 is 0 Å². The summed E-state index contributed by atoms with van der Waals surface area (Å²) in [6, 6.07) is 7.58. The first-order chi connectivity index (χ1) is 8.24. The molecule has 2 aliphatic rings. The van der Waals surface area contributed by atoms with E-state index in [4.69, 9.17) is 0 Å². The molecule has 1 aromatic carbocycles. The number of ketones is 2. The second-order valence-electron chi connectivity index (χ2n) is 4.12. The van der Waals surface area contributed by atoms with Crippen molar-refractivity contribution < 1.29 is 9.59 Å². The zero-order valence-corrected chi connectivity index (χ0v) is 9.92. The zero-order chi connectivity index (χ0) is 11.8. The van der Waals surface area contributed by atoms with Crippen LogP contribution < -0.4 is 0 Å². The van der Waals surface area contributed by atoms with Gasteiger partial charge in [0.05, 0.1) is 0 Å². The summed E-state index contributed by atoms with van der Waals surface area (Å²) in [5.41, 5.74) is 1.60. The van der Waals surface area contributed by atoms with Crippen LogP contribution in [0.3, 0.4) is 0 Å². The van der Waals surface area contributed by atoms with Crippen LogP contribution in [0.5, 0.6) is 0 Å². The molecule has 17 heavy (non-hydrogen) atoms. The maximum atomic E-state index is 12.0. The smallest absolute Gasteiger partial charge is 0.187 e. The fraction of sp³-hybridized carbons (Fsp3) is 0.143. The first kappa shape index (κ1) is 10.5. The summed E-state index contributed by atoms with van der Waals surface area (Å²) in [6.45, 7) is 0. The van der Waals surface area contributed by atoms with Crippen molar-refractivity contribution in [2.24, 2.45) is 0 Å². The van der Waals surface area contributed by atoms with Gasteiger partial charge in [-0.1, -0.05) is 30.0 Å². The van der Waals surface area contributed by atoms with Crippen LogP contribution in [-0.4, -0.2) is 11.6 Å². The quantitative estimate of drug-likeness (QED) is 0.701. The molecule has 1 aromatic rings. The summed E-state index contributed by atoms with van der Waals surface area (Å²) in [6.07, 6.45) is 4.41. The number of carbonyl (C=O) groups excluding carboxylic acids is 2. The fourth-order valence-electron chi connectivity index (χ4n) is 2.05. The zero-order valence-electron chi connectivity index (χ0n) is 9.10. The minimum absolute atomic E-state index is 0.00111. The molecule has 0 atom stereocenters. The van der Waals surface area contributed by atoms with Crippen molar-refractivity contribution in [3.63, 3.8) is 0 Å². The van der Waals surface area contributed by atoms with Gasteiger partial charge >= 0.3 is 0 Å². The lowest BCUT2D eigenvalue weighted by Crippen LogP contribution is -2.05. The molecule has 3 rings (SSSR count). The number of hydrogen-bond donors (Lipinski definition) is 0. The number of benzene rings is 1. The summed E-state index contributed by atoms with van der Waals surface area (Å²) >= 11 is 1.59. The summed E-state index contributed by atoms with van der Waals surface area (Å²) in [7, 11) is 0. The molecule has 0 amide bonds. The number of hydrogen-bond acceptors (Lipinski definition) is 3. The summed E-state index contributed by atoms with van der Waals surface area (Å²) in [4.78, 5) is 25.5. The minimum atomic E-state index is 0.00111. The van der Waals surface area contributed by atoms with Crippen LogP contribution in [0.2, 0.25) is 0 Å². The molecule has 0 aromatic heterocycles. The van der Waals surface area contributed by atoms with Gasteiger partial charge in [-0.05, 0) is 23.8 Å². The molecule has 1 aliphatic heterocycles. The second-order valence-corrected chi connectivity index (χ2v) is 5.20. The molecule has 0 spiro atoms. The molecule has 0 radical (unpaired) electrons. The Bertz CT molecular complexity index is 582. The van der Waals surface area contributed by atoms with Crippen LogP contribution in [0.4, 0.5) is 0 Å². The molecule has 2 nitrogen and oxygen atoms in total. The van der Waals surface area contributed by atoms with Crippen LogP contribution in [0.15, 0.2) is 51.8 Å². The van der Waals surface area contributed by atoms with Gasteiger partial charge in [-0.2, -0.15) is 0 Å². The predicted octanol–water partition coefficient (Wildman–Crippen LogP) is 3.15. The summed E-state index contributed by atoms with van der Waals surface area (Å²) in [5, 5.41) is 0. The third-order valence-corrected chi connectivity index (χ3v) is 4.12. The molecule has 1 heterocycles. The van der Waals surface area contributed by atoms with Crippen molar-refractivity contribution in [1.82, 2.24) is 0 Å². The number of Topliss-reactive ketones (excluding diaryl/α,β-unsaturated/α-hetero) is 1. The van der Waals surface area contributed by atoms with E-state index in [1.54, 1.807) is 17.8 Å². The van der Waals surface area contributed by atoms with Gasteiger partial charge in [0, 0.05) is 28.2 Å². The number of carbonyl (C=O) groups is 2. The van der Waals surface area contributed by atoms with E-state index in [0.29, 0.717) is 12.8 Å². The van der Waals surface area contributed by atoms with E-state index in [-0.39, 0.29) is 11.6 Å². The van der Waals surface area contributed by atoms with Crippen LogP contribution in [0, 0.1) is 0 Å². The van der Waals surface area contributed by atoms with E-state index in [1.807, 2.05) is 30.3 Å². The molecule has 0 bridgehead atoms. The van der Waals surface area contributed by atoms with Gasteiger partial charge in [0.1, 0.15) is 5.78 Å². The van der Waals surface area contributed by atoms with E-state index < -0.39 is 0 Å². The molecule has 1 aliphatic carbocycles. The summed E-state index contributed by atoms with van der Waals surface area (Å²) in [5.74, 6) is 0.181. The molecule has 0 saturated heterocycles. The highest BCUT2D eigenvalue weighted by molar-refractivity contribution is 8.03. The van der Waals surface area contributed by atoms with Crippen molar-refractivity contribution in [2.45, 2.75) is 17.7 Å². The van der Waals surface area contributed by atoms with Crippen molar-refractivity contribution in [2.75, 3.05) is 0 Å². The molecule has 0 fully saturated rings. The first-order valence-electron chi connectivity index (χ1n) is 5.48. The Kier molecular flexibility index (Phi) is 2.48. The van der Waals surface area contributed by atoms with Crippen LogP contribution in [0.25, 0.3) is 0 Å². The fourth-order valence-corrected chi connectivity index (χ4v) is 3.14. The highest BCUT2D eigenvalue weighted by atomic mass is 32.2. The lowest BCUT2D eigenvalue weighted by molar-refractivity contribution is -0.117. The van der Waals surface area contributed by atoms with Gasteiger partial charge in [0.15, 0.2) is 5.78 Å². The Morgan fingerprint density at radius 1 is 1.12 bits per heavy atom. The maximum absolute atomic E-state index is 12.0. The van der Waals surface area contributed by atoms with E-state index in [9.17, 15) is 9.59 Å². The summed E-state index contributed by atoms with van der Waals surface area (Å²) < 4.78 is 0. The van der Waals surface area contributed by atoms with Crippen LogP contribution in [-0.2, 0) is 4.79 Å². The van der Waals surface area contributed by atoms with Gasteiger partial charge in [-0.3, -0.25) is 9.59 Å². The van der Waals surface area contributed by atoms with Crippen LogP contribution in [0.1, 0.15) is 23.2 Å². The molecule has 3 heteroatoms. The Morgan fingerprint density at radius 3 is 2.82 bits per heavy atom. The Morgan fingerprint density at radius 2 is 1.94 bits per heavy atom. The van der Waals surface area contributed by atoms with Gasteiger partial charge in [0.25, 0.3) is 0 Å². The lowest BCUT2D eigenvalue weighted by Gasteiger charge is -2.13. The van der Waals surface area contributed by atoms with Gasteiger partial charge in [-0.25, -0.2) is 0 Å². The van der Waals surface area contributed by atoms with E-state index >= 15 is 0 Å². The molecule has 0 unspecified atom stereocenters. The lowest BCUT2D eigenvalue weighted by atomic mass is 9.98. The number of rotatable bonds is 0. The third kappa shape index (κ3) is 1.87. The average Bonchev–Trinajstić information content (AvgIpc) is 2.46. The Labute approximate surface area is 103 Å². The average molecular weight is 242 g/mol. The van der Waals surface area contributed by atoms with Crippen LogP contribution >= 0.6 is 11.8 Å². The maximum Gasteiger partial charge on any atom is 0.187 e. The largest absolute Gasteiger partial charge is 0.299 e. The number of allylic oxidation sites excluding steroid dienone is 3.